The van der Waals surface area contributed by atoms with E-state index in [0.717, 1.165) is 39.0 Å². The Morgan fingerprint density at radius 3 is 2.67 bits per heavy atom. The highest BCUT2D eigenvalue weighted by Crippen LogP contribution is 2.30. The van der Waals surface area contributed by atoms with Crippen molar-refractivity contribution >= 4 is 11.9 Å². The summed E-state index contributed by atoms with van der Waals surface area (Å²) in [6.45, 7) is 7.92. The number of carbonyl (C=O) groups excluding carboxylic acids is 2. The van der Waals surface area contributed by atoms with Gasteiger partial charge in [-0.25, -0.2) is 4.79 Å². The van der Waals surface area contributed by atoms with E-state index in [-0.39, 0.29) is 24.0 Å². The molecule has 27 heavy (non-hydrogen) atoms. The van der Waals surface area contributed by atoms with Gasteiger partial charge >= 0.3 is 6.03 Å². The fourth-order valence-corrected chi connectivity index (χ4v) is 3.54. The van der Waals surface area contributed by atoms with Gasteiger partial charge in [0.05, 0.1) is 6.04 Å². The van der Waals surface area contributed by atoms with Gasteiger partial charge in [0.25, 0.3) is 0 Å². The van der Waals surface area contributed by atoms with Crippen molar-refractivity contribution in [2.45, 2.75) is 51.6 Å². The van der Waals surface area contributed by atoms with Crippen LogP contribution in [-0.4, -0.2) is 82.6 Å². The summed E-state index contributed by atoms with van der Waals surface area (Å²) < 4.78 is 5.34. The first-order chi connectivity index (χ1) is 12.9. The van der Waals surface area contributed by atoms with Crippen LogP contribution in [0, 0.1) is 0 Å². The molecule has 2 fully saturated rings. The lowest BCUT2D eigenvalue weighted by molar-refractivity contribution is -0.132. The molecule has 0 aromatic carbocycles. The molecule has 1 aromatic heterocycles. The minimum Gasteiger partial charge on any atom is -0.340 e. The highest BCUT2D eigenvalue weighted by atomic mass is 16.5. The average molecular weight is 378 g/mol. The number of piperazine rings is 1. The molecule has 0 aliphatic carbocycles. The number of aromatic nitrogens is 2. The molecule has 1 N–H and O–H groups in total. The second-order valence-electron chi connectivity index (χ2n) is 7.69. The molecule has 3 amide bonds. The van der Waals surface area contributed by atoms with Gasteiger partial charge in [-0.05, 0) is 33.7 Å². The molecule has 2 aliphatic heterocycles. The predicted octanol–water partition coefficient (Wildman–Crippen LogP) is 1.03. The smallest absolute Gasteiger partial charge is 0.318 e. The summed E-state index contributed by atoms with van der Waals surface area (Å²) >= 11 is 0. The van der Waals surface area contributed by atoms with Crippen molar-refractivity contribution in [3.63, 3.8) is 0 Å². The third kappa shape index (κ3) is 4.97. The van der Waals surface area contributed by atoms with E-state index in [0.29, 0.717) is 31.1 Å². The number of carbonyl (C=O) groups is 2. The van der Waals surface area contributed by atoms with Crippen LogP contribution in [0.5, 0.6) is 0 Å². The summed E-state index contributed by atoms with van der Waals surface area (Å²) in [6.07, 6.45) is 2.54. The lowest BCUT2D eigenvalue weighted by atomic mass is 10.2. The van der Waals surface area contributed by atoms with E-state index in [4.69, 9.17) is 4.52 Å². The molecule has 9 nitrogen and oxygen atoms in total. The van der Waals surface area contributed by atoms with Gasteiger partial charge in [-0.15, -0.1) is 0 Å². The average Bonchev–Trinajstić information content (AvgIpc) is 3.28. The van der Waals surface area contributed by atoms with E-state index in [9.17, 15) is 9.59 Å². The van der Waals surface area contributed by atoms with Crippen molar-refractivity contribution < 1.29 is 14.1 Å². The van der Waals surface area contributed by atoms with E-state index in [2.05, 4.69) is 27.4 Å². The number of hydrogen-bond donors (Lipinski definition) is 1. The number of hydrogen-bond acceptors (Lipinski definition) is 6. The summed E-state index contributed by atoms with van der Waals surface area (Å²) in [5.74, 6) is 1.12. The van der Waals surface area contributed by atoms with Gasteiger partial charge in [0, 0.05) is 51.6 Å². The van der Waals surface area contributed by atoms with Crippen LogP contribution < -0.4 is 5.32 Å². The Morgan fingerprint density at radius 1 is 1.22 bits per heavy atom. The van der Waals surface area contributed by atoms with Crippen LogP contribution in [0.1, 0.15) is 50.9 Å². The van der Waals surface area contributed by atoms with E-state index in [1.54, 1.807) is 4.90 Å². The third-order valence-electron chi connectivity index (χ3n) is 5.12. The van der Waals surface area contributed by atoms with Crippen molar-refractivity contribution in [3.8, 4) is 0 Å². The van der Waals surface area contributed by atoms with Crippen LogP contribution in [0.25, 0.3) is 0 Å². The summed E-state index contributed by atoms with van der Waals surface area (Å²) in [4.78, 5) is 35.0. The van der Waals surface area contributed by atoms with E-state index in [1.807, 2.05) is 18.7 Å². The fraction of sp³-hybridized carbons (Fsp3) is 0.778. The first kappa shape index (κ1) is 19.6. The van der Waals surface area contributed by atoms with Crippen LogP contribution in [0.2, 0.25) is 0 Å². The molecular formula is C18H30N6O3. The van der Waals surface area contributed by atoms with Crippen LogP contribution in [-0.2, 0) is 11.2 Å². The van der Waals surface area contributed by atoms with Crippen LogP contribution in [0.3, 0.4) is 0 Å². The maximum absolute atomic E-state index is 12.3. The van der Waals surface area contributed by atoms with Crippen molar-refractivity contribution in [1.29, 1.82) is 0 Å². The Kier molecular flexibility index (Phi) is 6.30. The zero-order chi connectivity index (χ0) is 19.4. The van der Waals surface area contributed by atoms with Gasteiger partial charge in [-0.1, -0.05) is 5.16 Å². The number of likely N-dealkylation sites (N-methyl/N-ethyl adjacent to an activating group) is 1. The molecule has 1 atom stereocenters. The van der Waals surface area contributed by atoms with Crippen molar-refractivity contribution in [1.82, 2.24) is 30.2 Å². The Hall–Kier alpha value is -2.16. The summed E-state index contributed by atoms with van der Waals surface area (Å²) in [6, 6.07) is -0.168. The number of nitrogens with one attached hydrogen (secondary N) is 1. The first-order valence-electron chi connectivity index (χ1n) is 9.80. The monoisotopic (exact) mass is 378 g/mol. The number of likely N-dealkylation sites (tertiary alicyclic amines) is 1. The lowest BCUT2D eigenvalue weighted by Gasteiger charge is -2.32. The number of rotatable bonds is 5. The zero-order valence-corrected chi connectivity index (χ0v) is 16.5. The molecule has 150 valence electrons. The maximum atomic E-state index is 12.3. The van der Waals surface area contributed by atoms with E-state index >= 15 is 0 Å². The lowest BCUT2D eigenvalue weighted by Crippen LogP contribution is -2.47. The van der Waals surface area contributed by atoms with E-state index in [1.165, 1.54) is 0 Å². The molecule has 9 heteroatoms. The predicted molar refractivity (Wildman–Crippen MR) is 99.0 cm³/mol. The van der Waals surface area contributed by atoms with Crippen molar-refractivity contribution in [2.75, 3.05) is 39.8 Å². The van der Waals surface area contributed by atoms with Gasteiger partial charge in [0.2, 0.25) is 11.8 Å². The Labute approximate surface area is 160 Å². The largest absolute Gasteiger partial charge is 0.340 e. The molecule has 1 aromatic rings. The quantitative estimate of drug-likeness (QED) is 0.822. The number of aryl methyl sites for hydroxylation is 1. The summed E-state index contributed by atoms with van der Waals surface area (Å²) in [5.41, 5.74) is 0. The molecule has 2 aliphatic rings. The molecule has 3 rings (SSSR count). The minimum absolute atomic E-state index is 0.0835. The van der Waals surface area contributed by atoms with Gasteiger partial charge < -0.3 is 24.5 Å². The molecule has 2 saturated heterocycles. The Morgan fingerprint density at radius 2 is 1.96 bits per heavy atom. The minimum atomic E-state index is -0.158. The van der Waals surface area contributed by atoms with Gasteiger partial charge in [-0.2, -0.15) is 4.98 Å². The van der Waals surface area contributed by atoms with Crippen LogP contribution >= 0.6 is 0 Å². The Bertz CT molecular complexity index is 653. The van der Waals surface area contributed by atoms with E-state index < -0.39 is 0 Å². The number of urea groups is 1. The highest BCUT2D eigenvalue weighted by Gasteiger charge is 2.33. The van der Waals surface area contributed by atoms with Crippen molar-refractivity contribution in [2.24, 2.45) is 0 Å². The topological polar surface area (TPSA) is 94.8 Å². The van der Waals surface area contributed by atoms with Gasteiger partial charge in [-0.3, -0.25) is 4.79 Å². The maximum Gasteiger partial charge on any atom is 0.318 e. The highest BCUT2D eigenvalue weighted by molar-refractivity contribution is 5.76. The number of nitrogens with zero attached hydrogens (tertiary/aromatic N) is 5. The van der Waals surface area contributed by atoms with Crippen LogP contribution in [0.15, 0.2) is 4.52 Å². The number of amides is 3. The molecule has 0 spiro atoms. The molecule has 0 radical (unpaired) electrons. The SMILES string of the molecule is CC(C)NC(=O)N1CCCC1c1noc(CCC(=O)N2CCN(C)CC2)n1. The molecular weight excluding hydrogens is 348 g/mol. The Balaban J connectivity index is 1.53. The van der Waals surface area contributed by atoms with Crippen molar-refractivity contribution in [3.05, 3.63) is 11.7 Å². The normalized spacial score (nSPS) is 21.1. The summed E-state index contributed by atoms with van der Waals surface area (Å²) in [5, 5.41) is 6.99. The zero-order valence-electron chi connectivity index (χ0n) is 16.5. The van der Waals surface area contributed by atoms with Crippen LogP contribution in [0.4, 0.5) is 4.79 Å². The summed E-state index contributed by atoms with van der Waals surface area (Å²) in [7, 11) is 2.07. The van der Waals surface area contributed by atoms with Gasteiger partial charge in [0.15, 0.2) is 5.82 Å². The van der Waals surface area contributed by atoms with Gasteiger partial charge in [0.1, 0.15) is 0 Å². The first-order valence-corrected chi connectivity index (χ1v) is 9.80. The second kappa shape index (κ2) is 8.69. The molecule has 0 saturated carbocycles. The molecule has 0 bridgehead atoms. The third-order valence-corrected chi connectivity index (χ3v) is 5.12. The molecule has 3 heterocycles. The second-order valence-corrected chi connectivity index (χ2v) is 7.69. The fourth-order valence-electron chi connectivity index (χ4n) is 3.54. The standard InChI is InChI=1S/C18H30N6O3/c1-13(2)19-18(26)24-8-4-5-14(24)17-20-15(27-21-17)6-7-16(25)23-11-9-22(3)10-12-23/h13-14H,4-12H2,1-3H3,(H,19,26). The molecule has 1 unspecified atom stereocenters.